The van der Waals surface area contributed by atoms with Gasteiger partial charge in [0.1, 0.15) is 29.8 Å². The third-order valence-corrected chi connectivity index (χ3v) is 5.96. The van der Waals surface area contributed by atoms with E-state index < -0.39 is 0 Å². The highest BCUT2D eigenvalue weighted by Gasteiger charge is 2.36. The molecule has 3 N–H and O–H groups in total. The lowest BCUT2D eigenvalue weighted by Gasteiger charge is -2.40. The maximum absolute atomic E-state index is 11.6. The second-order valence-electron chi connectivity index (χ2n) is 8.04. The SMILES string of the molecule is COc1c(C(C)Nc2ncnc(N)c2C(C)C)cc(Cl)c(C#N)c1C1CN(C(C)=O)C1. The Morgan fingerprint density at radius 3 is 2.61 bits per heavy atom. The topological polar surface area (TPSA) is 117 Å². The molecule has 1 aromatic heterocycles. The Kier molecular flexibility index (Phi) is 6.56. The van der Waals surface area contributed by atoms with E-state index in [9.17, 15) is 10.1 Å². The number of carbonyl (C=O) groups excluding carboxylic acids is 1. The van der Waals surface area contributed by atoms with Crippen LogP contribution in [0.1, 0.15) is 67.8 Å². The molecule has 1 unspecified atom stereocenters. The summed E-state index contributed by atoms with van der Waals surface area (Å²) in [7, 11) is 1.58. The van der Waals surface area contributed by atoms with Crippen LogP contribution in [0.4, 0.5) is 11.6 Å². The zero-order chi connectivity index (χ0) is 22.9. The molecule has 1 aliphatic rings. The van der Waals surface area contributed by atoms with Crippen molar-refractivity contribution < 1.29 is 9.53 Å². The van der Waals surface area contributed by atoms with Gasteiger partial charge in [-0.3, -0.25) is 4.79 Å². The van der Waals surface area contributed by atoms with E-state index in [4.69, 9.17) is 22.1 Å². The van der Waals surface area contributed by atoms with Gasteiger partial charge in [-0.2, -0.15) is 5.26 Å². The molecular weight excluding hydrogens is 416 g/mol. The van der Waals surface area contributed by atoms with Gasteiger partial charge in [0.25, 0.3) is 0 Å². The van der Waals surface area contributed by atoms with Crippen LogP contribution in [0.2, 0.25) is 5.02 Å². The molecule has 2 heterocycles. The smallest absolute Gasteiger partial charge is 0.219 e. The van der Waals surface area contributed by atoms with Gasteiger partial charge in [-0.25, -0.2) is 9.97 Å². The first kappa shape index (κ1) is 22.6. The highest BCUT2D eigenvalue weighted by Crippen LogP contribution is 2.44. The Morgan fingerprint density at radius 2 is 2.06 bits per heavy atom. The van der Waals surface area contributed by atoms with Crippen molar-refractivity contribution in [2.45, 2.75) is 45.6 Å². The average Bonchev–Trinajstić information content (AvgIpc) is 2.66. The number of nitrogens with two attached hydrogens (primary N) is 1. The van der Waals surface area contributed by atoms with Crippen molar-refractivity contribution in [2.75, 3.05) is 31.2 Å². The van der Waals surface area contributed by atoms with Crippen molar-refractivity contribution in [1.82, 2.24) is 14.9 Å². The Morgan fingerprint density at radius 1 is 1.39 bits per heavy atom. The minimum Gasteiger partial charge on any atom is -0.496 e. The van der Waals surface area contributed by atoms with Gasteiger partial charge in [0, 0.05) is 42.6 Å². The number of likely N-dealkylation sites (tertiary alicyclic amines) is 1. The summed E-state index contributed by atoms with van der Waals surface area (Å²) >= 11 is 6.51. The summed E-state index contributed by atoms with van der Waals surface area (Å²) in [6.07, 6.45) is 1.43. The molecule has 3 rings (SSSR count). The van der Waals surface area contributed by atoms with Crippen LogP contribution in [0.15, 0.2) is 12.4 Å². The molecule has 2 aromatic rings. The summed E-state index contributed by atoms with van der Waals surface area (Å²) < 4.78 is 5.78. The fourth-order valence-corrected chi connectivity index (χ4v) is 4.28. The number of halogens is 1. The molecule has 1 fully saturated rings. The molecule has 0 bridgehead atoms. The van der Waals surface area contributed by atoms with Crippen molar-refractivity contribution in [3.8, 4) is 11.8 Å². The van der Waals surface area contributed by atoms with Crippen molar-refractivity contribution in [3.63, 3.8) is 0 Å². The number of benzene rings is 1. The highest BCUT2D eigenvalue weighted by molar-refractivity contribution is 6.32. The van der Waals surface area contributed by atoms with Crippen LogP contribution in [0.3, 0.4) is 0 Å². The number of nitrogens with zero attached hydrogens (tertiary/aromatic N) is 4. The monoisotopic (exact) mass is 442 g/mol. The fourth-order valence-electron chi connectivity index (χ4n) is 4.02. The number of nitrogen functional groups attached to an aromatic ring is 1. The van der Waals surface area contributed by atoms with E-state index in [1.807, 2.05) is 20.8 Å². The summed E-state index contributed by atoms with van der Waals surface area (Å²) in [4.78, 5) is 21.9. The Bertz CT molecular complexity index is 1040. The lowest BCUT2D eigenvalue weighted by atomic mass is 9.85. The molecule has 1 amide bonds. The van der Waals surface area contributed by atoms with E-state index in [0.29, 0.717) is 41.1 Å². The van der Waals surface area contributed by atoms with Crippen LogP contribution >= 0.6 is 11.6 Å². The molecule has 0 saturated carbocycles. The molecule has 1 aliphatic heterocycles. The van der Waals surface area contributed by atoms with Crippen molar-refractivity contribution in [1.29, 1.82) is 5.26 Å². The van der Waals surface area contributed by atoms with E-state index in [-0.39, 0.29) is 23.8 Å². The number of ether oxygens (including phenoxy) is 1. The van der Waals surface area contributed by atoms with Crippen molar-refractivity contribution >= 4 is 29.1 Å². The second-order valence-corrected chi connectivity index (χ2v) is 8.45. The second kappa shape index (κ2) is 8.98. The first-order valence-corrected chi connectivity index (χ1v) is 10.5. The Hall–Kier alpha value is -3.05. The maximum atomic E-state index is 11.6. The maximum Gasteiger partial charge on any atom is 0.219 e. The van der Waals surface area contributed by atoms with E-state index in [2.05, 4.69) is 21.4 Å². The summed E-state index contributed by atoms with van der Waals surface area (Å²) in [5.41, 5.74) is 8.84. The predicted molar refractivity (Wildman–Crippen MR) is 120 cm³/mol. The molecular formula is C22H27ClN6O2. The fraction of sp³-hybridized carbons (Fsp3) is 0.455. The largest absolute Gasteiger partial charge is 0.496 e. The molecule has 0 spiro atoms. The van der Waals surface area contributed by atoms with Gasteiger partial charge in [0.15, 0.2) is 0 Å². The summed E-state index contributed by atoms with van der Waals surface area (Å²) in [5.74, 6) is 1.80. The van der Waals surface area contributed by atoms with Gasteiger partial charge >= 0.3 is 0 Å². The quantitative estimate of drug-likeness (QED) is 0.697. The normalized spacial score (nSPS) is 14.7. The van der Waals surface area contributed by atoms with Gasteiger partial charge < -0.3 is 20.7 Å². The van der Waals surface area contributed by atoms with E-state index in [0.717, 1.165) is 16.7 Å². The van der Waals surface area contributed by atoms with Gasteiger partial charge in [-0.1, -0.05) is 25.4 Å². The van der Waals surface area contributed by atoms with Gasteiger partial charge in [-0.15, -0.1) is 0 Å². The van der Waals surface area contributed by atoms with E-state index in [1.165, 1.54) is 13.3 Å². The Labute approximate surface area is 187 Å². The number of amides is 1. The number of hydrogen-bond donors (Lipinski definition) is 2. The minimum absolute atomic E-state index is 0.00794. The molecule has 0 aliphatic carbocycles. The average molecular weight is 443 g/mol. The van der Waals surface area contributed by atoms with Crippen molar-refractivity contribution in [2.24, 2.45) is 0 Å². The third-order valence-electron chi connectivity index (χ3n) is 5.66. The Balaban J connectivity index is 2.03. The number of hydrogen-bond acceptors (Lipinski definition) is 7. The molecule has 31 heavy (non-hydrogen) atoms. The zero-order valence-electron chi connectivity index (χ0n) is 18.4. The molecule has 164 valence electrons. The number of carbonyl (C=O) groups is 1. The van der Waals surface area contributed by atoms with E-state index in [1.54, 1.807) is 18.1 Å². The van der Waals surface area contributed by atoms with Crippen LogP contribution in [-0.2, 0) is 4.79 Å². The number of aromatic nitrogens is 2. The highest BCUT2D eigenvalue weighted by atomic mass is 35.5. The number of rotatable bonds is 6. The molecule has 9 heteroatoms. The minimum atomic E-state index is -0.241. The molecule has 0 radical (unpaired) electrons. The predicted octanol–water partition coefficient (Wildman–Crippen LogP) is 3.83. The number of anilines is 2. The number of methoxy groups -OCH3 is 1. The van der Waals surface area contributed by atoms with E-state index >= 15 is 0 Å². The standard InChI is InChI=1S/C22H27ClN6O2/c1-11(2)18-21(25)26-10-27-22(18)28-12(3)15-6-17(23)16(7-24)19(20(15)31-5)14-8-29(9-14)13(4)30/h6,10-12,14H,8-9H2,1-5H3,(H3,25,26,27,28). The van der Waals surface area contributed by atoms with Crippen LogP contribution < -0.4 is 15.8 Å². The van der Waals surface area contributed by atoms with Crippen LogP contribution in [0.5, 0.6) is 5.75 Å². The third kappa shape index (κ3) is 4.23. The summed E-state index contributed by atoms with van der Waals surface area (Å²) in [6.45, 7) is 8.62. The molecule has 1 atom stereocenters. The van der Waals surface area contributed by atoms with Crippen LogP contribution in [-0.4, -0.2) is 41.0 Å². The first-order valence-electron chi connectivity index (χ1n) is 10.1. The number of nitriles is 1. The summed E-state index contributed by atoms with van der Waals surface area (Å²) in [5, 5.41) is 13.5. The van der Waals surface area contributed by atoms with Crippen LogP contribution in [0.25, 0.3) is 0 Å². The lowest BCUT2D eigenvalue weighted by Crippen LogP contribution is -2.47. The van der Waals surface area contributed by atoms with Crippen LogP contribution in [0, 0.1) is 11.3 Å². The van der Waals surface area contributed by atoms with Gasteiger partial charge in [-0.05, 0) is 18.9 Å². The zero-order valence-corrected chi connectivity index (χ0v) is 19.1. The number of nitrogens with one attached hydrogen (secondary N) is 1. The van der Waals surface area contributed by atoms with Gasteiger partial charge in [0.2, 0.25) is 5.91 Å². The van der Waals surface area contributed by atoms with Gasteiger partial charge in [0.05, 0.1) is 23.7 Å². The summed E-state index contributed by atoms with van der Waals surface area (Å²) in [6, 6.07) is 3.72. The molecule has 8 nitrogen and oxygen atoms in total. The molecule has 1 saturated heterocycles. The molecule has 1 aromatic carbocycles. The first-order chi connectivity index (χ1) is 14.7. The van der Waals surface area contributed by atoms with Crippen molar-refractivity contribution in [3.05, 3.63) is 39.7 Å². The lowest BCUT2D eigenvalue weighted by molar-refractivity contribution is -0.133.